The van der Waals surface area contributed by atoms with Crippen molar-refractivity contribution < 1.29 is 4.39 Å². The number of imidazole rings is 2. The maximum absolute atomic E-state index is 15.4. The van der Waals surface area contributed by atoms with Crippen molar-refractivity contribution in [3.8, 4) is 18.0 Å². The van der Waals surface area contributed by atoms with E-state index in [9.17, 15) is 4.79 Å². The fourth-order valence-electron chi connectivity index (χ4n) is 4.95. The van der Waals surface area contributed by atoms with Gasteiger partial charge in [-0.25, -0.2) is 14.2 Å². The van der Waals surface area contributed by atoms with Crippen LogP contribution in [0, 0.1) is 18.2 Å². The van der Waals surface area contributed by atoms with E-state index >= 15 is 4.39 Å². The van der Waals surface area contributed by atoms with Crippen LogP contribution < -0.4 is 5.69 Å². The minimum Gasteiger partial charge on any atom is -0.370 e. The summed E-state index contributed by atoms with van der Waals surface area (Å²) < 4.78 is 17.2. The van der Waals surface area contributed by atoms with Crippen LogP contribution in [0.3, 0.4) is 0 Å². The molecule has 0 aliphatic heterocycles. The summed E-state index contributed by atoms with van der Waals surface area (Å²) in [5, 5.41) is 0. The van der Waals surface area contributed by atoms with E-state index in [1.165, 1.54) is 6.07 Å². The number of aromatic nitrogens is 4. The first-order valence-corrected chi connectivity index (χ1v) is 12.7. The van der Waals surface area contributed by atoms with Gasteiger partial charge in [-0.1, -0.05) is 55.5 Å². The highest BCUT2D eigenvalue weighted by Gasteiger charge is 2.17. The number of terminal acetylenes is 1. The van der Waals surface area contributed by atoms with Gasteiger partial charge in [-0.05, 0) is 60.0 Å². The number of nitrogens with zero attached hydrogens (tertiary/aromatic N) is 3. The fourth-order valence-corrected chi connectivity index (χ4v) is 4.95. The Bertz CT molecular complexity index is 1940. The molecule has 198 valence electrons. The van der Waals surface area contributed by atoms with E-state index in [-0.39, 0.29) is 11.2 Å². The minimum atomic E-state index is -0.443. The molecule has 0 aliphatic rings. The molecule has 3 aromatic carbocycles. The van der Waals surface area contributed by atoms with Crippen LogP contribution in [0.25, 0.3) is 44.6 Å². The summed E-state index contributed by atoms with van der Waals surface area (Å²) in [6.07, 6.45) is 12.7. The highest BCUT2D eigenvalue weighted by molar-refractivity contribution is 5.87. The molecule has 40 heavy (non-hydrogen) atoms. The molecule has 0 fully saturated rings. The quantitative estimate of drug-likeness (QED) is 0.177. The normalized spacial score (nSPS) is 12.1. The van der Waals surface area contributed by atoms with Crippen LogP contribution in [0.2, 0.25) is 0 Å². The van der Waals surface area contributed by atoms with Gasteiger partial charge >= 0.3 is 5.69 Å². The minimum absolute atomic E-state index is 0.249. The molecule has 7 heteroatoms. The van der Waals surface area contributed by atoms with Gasteiger partial charge in [-0.3, -0.25) is 4.57 Å². The van der Waals surface area contributed by atoms with Gasteiger partial charge in [-0.2, -0.15) is 0 Å². The lowest BCUT2D eigenvalue weighted by molar-refractivity contribution is 0.543. The molecular formula is C33H28FN5O. The Labute approximate surface area is 231 Å². The van der Waals surface area contributed by atoms with Gasteiger partial charge in [0.2, 0.25) is 0 Å². The van der Waals surface area contributed by atoms with Crippen molar-refractivity contribution in [2.24, 2.45) is 0 Å². The van der Waals surface area contributed by atoms with Crippen molar-refractivity contribution in [1.29, 1.82) is 0 Å². The Balaban J connectivity index is 1.53. The summed E-state index contributed by atoms with van der Waals surface area (Å²) in [5.41, 5.74) is 7.60. The maximum atomic E-state index is 15.4. The molecule has 2 aromatic heterocycles. The highest BCUT2D eigenvalue weighted by Crippen LogP contribution is 2.30. The first-order chi connectivity index (χ1) is 19.3. The van der Waals surface area contributed by atoms with Gasteiger partial charge in [0.25, 0.3) is 0 Å². The number of hydrogen-bond donors (Lipinski definition) is 2. The average Bonchev–Trinajstić information content (AvgIpc) is 3.55. The number of rotatable bonds is 8. The molecule has 0 spiro atoms. The highest BCUT2D eigenvalue weighted by atomic mass is 19.1. The van der Waals surface area contributed by atoms with E-state index in [1.54, 1.807) is 23.0 Å². The standard InChI is InChI=1S/C33H28FN5O/c1-6-11-30(38(5)19-21(4)25-12-9-10-13-26(25)22(7-2)8-3)23-16-27(34)32-31(17-23)39(20-35-32)24-14-15-28-29(18-24)37-33(40)36-28/h2,6,8-18,20H,1,4,19H2,3,5H3,(H2,36,37,40)/b22-8-,30-11-. The van der Waals surface area contributed by atoms with Crippen molar-refractivity contribution in [1.82, 2.24) is 24.4 Å². The third kappa shape index (κ3) is 4.79. The molecule has 5 rings (SSSR count). The molecule has 0 unspecified atom stereocenters. The molecule has 0 saturated heterocycles. The van der Waals surface area contributed by atoms with Crippen LogP contribution in [0.5, 0.6) is 0 Å². The van der Waals surface area contributed by atoms with Crippen LogP contribution in [0.1, 0.15) is 23.6 Å². The summed E-state index contributed by atoms with van der Waals surface area (Å²) in [7, 11) is 1.93. The third-order valence-electron chi connectivity index (χ3n) is 6.84. The molecule has 0 atom stereocenters. The number of nitrogens with one attached hydrogen (secondary N) is 2. The van der Waals surface area contributed by atoms with E-state index in [2.05, 4.69) is 34.0 Å². The second-order valence-electron chi connectivity index (χ2n) is 9.39. The first-order valence-electron chi connectivity index (χ1n) is 12.7. The topological polar surface area (TPSA) is 69.7 Å². The molecule has 0 saturated carbocycles. The maximum Gasteiger partial charge on any atom is 0.323 e. The summed E-state index contributed by atoms with van der Waals surface area (Å²) >= 11 is 0. The first kappa shape index (κ1) is 26.3. The van der Waals surface area contributed by atoms with E-state index in [4.69, 9.17) is 6.42 Å². The average molecular weight is 530 g/mol. The molecule has 0 radical (unpaired) electrons. The number of H-pyrrole nitrogens is 2. The Hall–Kier alpha value is -5.35. The van der Waals surface area contributed by atoms with Crippen molar-refractivity contribution in [2.75, 3.05) is 13.6 Å². The lowest BCUT2D eigenvalue weighted by Gasteiger charge is -2.25. The largest absolute Gasteiger partial charge is 0.370 e. The summed E-state index contributed by atoms with van der Waals surface area (Å²) in [6, 6.07) is 16.7. The van der Waals surface area contributed by atoms with Gasteiger partial charge in [0.1, 0.15) is 11.8 Å². The van der Waals surface area contributed by atoms with Crippen LogP contribution in [0.4, 0.5) is 4.39 Å². The second kappa shape index (κ2) is 10.8. The van der Waals surface area contributed by atoms with Crippen LogP contribution >= 0.6 is 0 Å². The zero-order valence-corrected chi connectivity index (χ0v) is 22.3. The van der Waals surface area contributed by atoms with Gasteiger partial charge in [0.15, 0.2) is 5.82 Å². The molecule has 0 aliphatic carbocycles. The number of halogens is 1. The van der Waals surface area contributed by atoms with E-state index < -0.39 is 5.82 Å². The van der Waals surface area contributed by atoms with Crippen LogP contribution in [-0.4, -0.2) is 38.0 Å². The predicted octanol–water partition coefficient (Wildman–Crippen LogP) is 6.54. The van der Waals surface area contributed by atoms with Crippen molar-refractivity contribution >= 4 is 38.9 Å². The number of hydrogen-bond acceptors (Lipinski definition) is 3. The Morgan fingerprint density at radius 1 is 1.15 bits per heavy atom. The Morgan fingerprint density at radius 3 is 2.62 bits per heavy atom. The third-order valence-corrected chi connectivity index (χ3v) is 6.84. The number of allylic oxidation sites excluding steroid dienone is 4. The van der Waals surface area contributed by atoms with Gasteiger partial charge in [0.05, 0.1) is 16.6 Å². The number of benzene rings is 3. The fraction of sp³-hybridized carbons (Fsp3) is 0.0909. The monoisotopic (exact) mass is 529 g/mol. The molecular weight excluding hydrogens is 501 g/mol. The van der Waals surface area contributed by atoms with E-state index in [0.717, 1.165) is 33.7 Å². The Kier molecular flexibility index (Phi) is 7.09. The van der Waals surface area contributed by atoms with Crippen molar-refractivity contribution in [2.45, 2.75) is 6.92 Å². The van der Waals surface area contributed by atoms with Gasteiger partial charge < -0.3 is 14.9 Å². The smallest absolute Gasteiger partial charge is 0.323 e. The van der Waals surface area contributed by atoms with E-state index in [1.807, 2.05) is 73.5 Å². The molecule has 5 aromatic rings. The number of aromatic amines is 2. The summed E-state index contributed by atoms with van der Waals surface area (Å²) in [4.78, 5) is 23.5. The van der Waals surface area contributed by atoms with Crippen molar-refractivity contribution in [3.05, 3.63) is 125 Å². The molecule has 0 bridgehead atoms. The number of fused-ring (bicyclic) bond motifs is 2. The van der Waals surface area contributed by atoms with Gasteiger partial charge in [-0.15, -0.1) is 6.42 Å². The Morgan fingerprint density at radius 2 is 1.90 bits per heavy atom. The molecule has 0 amide bonds. The van der Waals surface area contributed by atoms with Gasteiger partial charge in [0, 0.05) is 36.1 Å². The van der Waals surface area contributed by atoms with Crippen LogP contribution in [-0.2, 0) is 0 Å². The lowest BCUT2D eigenvalue weighted by Crippen LogP contribution is -2.19. The van der Waals surface area contributed by atoms with E-state index in [0.29, 0.717) is 28.7 Å². The van der Waals surface area contributed by atoms with Crippen LogP contribution in [0.15, 0.2) is 97.1 Å². The molecule has 6 nitrogen and oxygen atoms in total. The molecule has 2 N–H and O–H groups in total. The zero-order chi connectivity index (χ0) is 28.4. The SMILES string of the molecule is C#C/C(=C/C)c1ccccc1C(=C)CN(C)/C(=C\C=C)c1cc(F)c2ncn(-c3ccc4[nH]c(=O)[nH]c4c3)c2c1. The number of likely N-dealkylation sites (N-methyl/N-ethyl adjacent to an activating group) is 1. The molecule has 2 heterocycles. The van der Waals surface area contributed by atoms with Crippen molar-refractivity contribution in [3.63, 3.8) is 0 Å². The predicted molar refractivity (Wildman–Crippen MR) is 162 cm³/mol. The lowest BCUT2D eigenvalue weighted by atomic mass is 9.95. The second-order valence-corrected chi connectivity index (χ2v) is 9.39. The zero-order valence-electron chi connectivity index (χ0n) is 22.3. The summed E-state index contributed by atoms with van der Waals surface area (Å²) in [5.74, 6) is 2.31. The summed E-state index contributed by atoms with van der Waals surface area (Å²) in [6.45, 7) is 10.6.